The zero-order valence-electron chi connectivity index (χ0n) is 8.58. The van der Waals surface area contributed by atoms with Crippen LogP contribution in [0.3, 0.4) is 0 Å². The van der Waals surface area contributed by atoms with E-state index in [9.17, 15) is 0 Å². The summed E-state index contributed by atoms with van der Waals surface area (Å²) in [6.07, 6.45) is 4.24. The van der Waals surface area contributed by atoms with Gasteiger partial charge in [-0.2, -0.15) is 0 Å². The Balaban J connectivity index is 2.75. The molecule has 0 spiro atoms. The van der Waals surface area contributed by atoms with Crippen molar-refractivity contribution in [2.45, 2.75) is 32.6 Å². The largest absolute Gasteiger partial charge is 0.481 e. The number of rotatable bonds is 4. The molecule has 0 aliphatic rings. The van der Waals surface area contributed by atoms with Crippen molar-refractivity contribution < 1.29 is 4.74 Å². The second kappa shape index (κ2) is 4.85. The van der Waals surface area contributed by atoms with E-state index in [2.05, 4.69) is 24.9 Å². The van der Waals surface area contributed by atoms with Gasteiger partial charge in [0, 0.05) is 12.3 Å². The van der Waals surface area contributed by atoms with Crippen molar-refractivity contribution in [1.82, 2.24) is 4.98 Å². The van der Waals surface area contributed by atoms with Gasteiger partial charge in [0.15, 0.2) is 0 Å². The molecule has 1 atom stereocenters. The van der Waals surface area contributed by atoms with E-state index >= 15 is 0 Å². The number of ether oxygens (including phenoxy) is 1. The Morgan fingerprint density at radius 2 is 2.31 bits per heavy atom. The van der Waals surface area contributed by atoms with Crippen molar-refractivity contribution in [3.05, 3.63) is 23.9 Å². The Morgan fingerprint density at radius 3 is 2.92 bits per heavy atom. The van der Waals surface area contributed by atoms with Gasteiger partial charge in [0.25, 0.3) is 0 Å². The van der Waals surface area contributed by atoms with Crippen LogP contribution < -0.4 is 4.74 Å². The van der Waals surface area contributed by atoms with Crippen molar-refractivity contribution in [1.29, 1.82) is 0 Å². The van der Waals surface area contributed by atoms with E-state index in [1.54, 1.807) is 13.3 Å². The first-order chi connectivity index (χ1) is 6.27. The molecule has 0 N–H and O–H groups in total. The van der Waals surface area contributed by atoms with Crippen molar-refractivity contribution >= 4 is 0 Å². The highest BCUT2D eigenvalue weighted by Gasteiger charge is 2.05. The molecule has 0 bridgehead atoms. The molecule has 0 aliphatic carbocycles. The summed E-state index contributed by atoms with van der Waals surface area (Å²) in [4.78, 5) is 4.08. The number of nitrogens with zero attached hydrogens (tertiary/aromatic N) is 1. The Labute approximate surface area is 80.0 Å². The minimum Gasteiger partial charge on any atom is -0.481 e. The topological polar surface area (TPSA) is 22.1 Å². The number of hydrogen-bond acceptors (Lipinski definition) is 2. The summed E-state index contributed by atoms with van der Waals surface area (Å²) in [6.45, 7) is 4.44. The van der Waals surface area contributed by atoms with E-state index in [0.29, 0.717) is 11.8 Å². The molecule has 1 heterocycles. The molecule has 0 radical (unpaired) electrons. The maximum Gasteiger partial charge on any atom is 0.213 e. The fourth-order valence-electron chi connectivity index (χ4n) is 1.44. The van der Waals surface area contributed by atoms with Crippen LogP contribution in [-0.2, 0) is 0 Å². The second-order valence-electron chi connectivity index (χ2n) is 3.32. The Morgan fingerprint density at radius 1 is 1.54 bits per heavy atom. The van der Waals surface area contributed by atoms with Crippen LogP contribution in [0, 0.1) is 0 Å². The summed E-state index contributed by atoms with van der Waals surface area (Å²) in [5.74, 6) is 1.31. The lowest BCUT2D eigenvalue weighted by Crippen LogP contribution is -1.95. The summed E-state index contributed by atoms with van der Waals surface area (Å²) in [7, 11) is 1.65. The van der Waals surface area contributed by atoms with Gasteiger partial charge in [0.05, 0.1) is 7.11 Å². The van der Waals surface area contributed by atoms with E-state index in [1.807, 2.05) is 6.07 Å². The molecule has 1 aromatic heterocycles. The summed E-state index contributed by atoms with van der Waals surface area (Å²) in [6, 6.07) is 4.07. The molecule has 0 aromatic carbocycles. The molecule has 13 heavy (non-hydrogen) atoms. The van der Waals surface area contributed by atoms with Crippen molar-refractivity contribution in [2.24, 2.45) is 0 Å². The number of pyridine rings is 1. The van der Waals surface area contributed by atoms with Gasteiger partial charge >= 0.3 is 0 Å². The molecular weight excluding hydrogens is 162 g/mol. The standard InChI is InChI=1S/C11H17NO/c1-4-5-9(2)10-6-7-12-11(8-10)13-3/h6-9H,4-5H2,1-3H3. The molecule has 0 fully saturated rings. The summed E-state index contributed by atoms with van der Waals surface area (Å²) in [5, 5.41) is 0. The third kappa shape index (κ3) is 2.72. The van der Waals surface area contributed by atoms with Crippen LogP contribution in [0.25, 0.3) is 0 Å². The lowest BCUT2D eigenvalue weighted by atomic mass is 9.98. The fourth-order valence-corrected chi connectivity index (χ4v) is 1.44. The minimum absolute atomic E-state index is 0.599. The van der Waals surface area contributed by atoms with E-state index in [-0.39, 0.29) is 0 Å². The van der Waals surface area contributed by atoms with Gasteiger partial charge in [-0.25, -0.2) is 4.98 Å². The minimum atomic E-state index is 0.599. The molecular formula is C11H17NO. The van der Waals surface area contributed by atoms with Crippen LogP contribution in [-0.4, -0.2) is 12.1 Å². The number of methoxy groups -OCH3 is 1. The molecule has 72 valence electrons. The Kier molecular flexibility index (Phi) is 3.74. The highest BCUT2D eigenvalue weighted by molar-refractivity contribution is 5.23. The molecule has 1 unspecified atom stereocenters. The third-order valence-electron chi connectivity index (χ3n) is 2.26. The van der Waals surface area contributed by atoms with Crippen LogP contribution in [0.2, 0.25) is 0 Å². The quantitative estimate of drug-likeness (QED) is 0.708. The normalized spacial score (nSPS) is 12.5. The third-order valence-corrected chi connectivity index (χ3v) is 2.26. The first kappa shape index (κ1) is 10.0. The zero-order valence-corrected chi connectivity index (χ0v) is 8.58. The average Bonchev–Trinajstić information content (AvgIpc) is 2.18. The van der Waals surface area contributed by atoms with Gasteiger partial charge in [-0.1, -0.05) is 20.3 Å². The summed E-state index contributed by atoms with van der Waals surface area (Å²) >= 11 is 0. The monoisotopic (exact) mass is 179 g/mol. The van der Waals surface area contributed by atoms with Gasteiger partial charge in [-0.15, -0.1) is 0 Å². The van der Waals surface area contributed by atoms with Gasteiger partial charge in [-0.3, -0.25) is 0 Å². The molecule has 0 aliphatic heterocycles. The predicted octanol–water partition coefficient (Wildman–Crippen LogP) is 2.99. The molecule has 0 amide bonds. The van der Waals surface area contributed by atoms with Gasteiger partial charge in [0.2, 0.25) is 5.88 Å². The van der Waals surface area contributed by atoms with Crippen LogP contribution in [0.15, 0.2) is 18.3 Å². The molecule has 2 heteroatoms. The lowest BCUT2D eigenvalue weighted by Gasteiger charge is -2.10. The lowest BCUT2D eigenvalue weighted by molar-refractivity contribution is 0.396. The van der Waals surface area contributed by atoms with Gasteiger partial charge < -0.3 is 4.74 Å². The fraction of sp³-hybridized carbons (Fsp3) is 0.545. The maximum absolute atomic E-state index is 5.07. The number of aromatic nitrogens is 1. The van der Waals surface area contributed by atoms with Crippen LogP contribution in [0.4, 0.5) is 0 Å². The summed E-state index contributed by atoms with van der Waals surface area (Å²) < 4.78 is 5.07. The number of hydrogen-bond donors (Lipinski definition) is 0. The maximum atomic E-state index is 5.07. The molecule has 0 saturated carbocycles. The Hall–Kier alpha value is -1.05. The van der Waals surface area contributed by atoms with Gasteiger partial charge in [0.1, 0.15) is 0 Å². The van der Waals surface area contributed by atoms with E-state index in [0.717, 1.165) is 0 Å². The molecule has 1 rings (SSSR count). The van der Waals surface area contributed by atoms with Crippen molar-refractivity contribution in [2.75, 3.05) is 7.11 Å². The van der Waals surface area contributed by atoms with E-state index in [4.69, 9.17) is 4.74 Å². The molecule has 0 saturated heterocycles. The Bertz CT molecular complexity index is 260. The average molecular weight is 179 g/mol. The van der Waals surface area contributed by atoms with Crippen molar-refractivity contribution in [3.8, 4) is 5.88 Å². The highest BCUT2D eigenvalue weighted by Crippen LogP contribution is 2.22. The first-order valence-corrected chi connectivity index (χ1v) is 4.77. The summed E-state index contributed by atoms with van der Waals surface area (Å²) in [5.41, 5.74) is 1.31. The molecule has 2 nitrogen and oxygen atoms in total. The second-order valence-corrected chi connectivity index (χ2v) is 3.32. The predicted molar refractivity (Wildman–Crippen MR) is 54.1 cm³/mol. The van der Waals surface area contributed by atoms with Crippen molar-refractivity contribution in [3.63, 3.8) is 0 Å². The van der Waals surface area contributed by atoms with E-state index < -0.39 is 0 Å². The van der Waals surface area contributed by atoms with Crippen LogP contribution >= 0.6 is 0 Å². The van der Waals surface area contributed by atoms with Crippen LogP contribution in [0.1, 0.15) is 38.2 Å². The van der Waals surface area contributed by atoms with Crippen LogP contribution in [0.5, 0.6) is 5.88 Å². The molecule has 1 aromatic rings. The first-order valence-electron chi connectivity index (χ1n) is 4.77. The zero-order chi connectivity index (χ0) is 9.68. The SMILES string of the molecule is CCCC(C)c1ccnc(OC)c1. The van der Waals surface area contributed by atoms with Gasteiger partial charge in [-0.05, 0) is 24.0 Å². The van der Waals surface area contributed by atoms with E-state index in [1.165, 1.54) is 18.4 Å². The smallest absolute Gasteiger partial charge is 0.213 e. The highest BCUT2D eigenvalue weighted by atomic mass is 16.5.